The zero-order chi connectivity index (χ0) is 32.5. The molecular weight excluding hydrogens is 610 g/mol. The quantitative estimate of drug-likeness (QED) is 0.257. The SMILES string of the molecule is CC(C)(C)OC(=O)N1CCC(Oc2cncc(-c3cn(S(=O)(=O)c4ccccc4)c4ncc(-c5cnn(CCO)c5)cc34)n2)CC1. The van der Waals surface area contributed by atoms with Crippen molar-refractivity contribution in [3.05, 3.63) is 73.6 Å². The first-order chi connectivity index (χ1) is 22.0. The predicted molar refractivity (Wildman–Crippen MR) is 170 cm³/mol. The molecule has 4 aromatic heterocycles. The molecule has 5 heterocycles. The van der Waals surface area contributed by atoms with Crippen molar-refractivity contribution in [2.45, 2.75) is 56.8 Å². The van der Waals surface area contributed by atoms with Gasteiger partial charge in [-0.25, -0.2) is 27.2 Å². The number of nitrogens with zero attached hydrogens (tertiary/aromatic N) is 7. The summed E-state index contributed by atoms with van der Waals surface area (Å²) in [5, 5.41) is 14.1. The first-order valence-electron chi connectivity index (χ1n) is 14.9. The summed E-state index contributed by atoms with van der Waals surface area (Å²) in [6.45, 7) is 6.78. The molecule has 0 atom stereocenters. The van der Waals surface area contributed by atoms with Gasteiger partial charge in [0.15, 0.2) is 5.65 Å². The van der Waals surface area contributed by atoms with E-state index < -0.39 is 15.6 Å². The molecule has 6 rings (SSSR count). The van der Waals surface area contributed by atoms with E-state index in [4.69, 9.17) is 14.5 Å². The van der Waals surface area contributed by atoms with Crippen LogP contribution in [0.5, 0.6) is 5.88 Å². The Hall–Kier alpha value is -4.82. The lowest BCUT2D eigenvalue weighted by atomic mass is 10.1. The van der Waals surface area contributed by atoms with Gasteiger partial charge in [-0.1, -0.05) is 18.2 Å². The van der Waals surface area contributed by atoms with Crippen molar-refractivity contribution in [1.29, 1.82) is 0 Å². The van der Waals surface area contributed by atoms with Crippen LogP contribution in [0.3, 0.4) is 0 Å². The molecule has 1 aliphatic rings. The van der Waals surface area contributed by atoms with E-state index in [-0.39, 0.29) is 35.2 Å². The highest BCUT2D eigenvalue weighted by molar-refractivity contribution is 7.90. The smallest absolute Gasteiger partial charge is 0.410 e. The minimum absolute atomic E-state index is 0.0529. The van der Waals surface area contributed by atoms with Crippen molar-refractivity contribution in [1.82, 2.24) is 33.6 Å². The first kappa shape index (κ1) is 31.2. The Morgan fingerprint density at radius 3 is 2.50 bits per heavy atom. The second-order valence-corrected chi connectivity index (χ2v) is 13.8. The number of fused-ring (bicyclic) bond motifs is 1. The monoisotopic (exact) mass is 645 g/mol. The minimum Gasteiger partial charge on any atom is -0.473 e. The lowest BCUT2D eigenvalue weighted by molar-refractivity contribution is 0.0123. The summed E-state index contributed by atoms with van der Waals surface area (Å²) in [6.07, 6.45) is 10.3. The number of piperidine rings is 1. The molecule has 13 nitrogen and oxygen atoms in total. The summed E-state index contributed by atoms with van der Waals surface area (Å²) < 4.78 is 42.1. The predicted octanol–water partition coefficient (Wildman–Crippen LogP) is 4.36. The standard InChI is InChI=1S/C32H35N7O6S/c1-32(2,3)45-31(41)37-11-9-24(10-12-37)44-29-19-33-18-28(36-29)27-21-39(46(42,43)25-7-5-4-6-8-25)30-26(27)15-22(16-34-30)23-17-35-38(20-23)13-14-40/h4-8,15-21,24,40H,9-14H2,1-3H3. The highest BCUT2D eigenvalue weighted by Gasteiger charge is 2.28. The van der Waals surface area contributed by atoms with Crippen LogP contribution in [0.25, 0.3) is 33.4 Å². The molecule has 1 fully saturated rings. The number of carbonyl (C=O) groups excluding carboxylic acids is 1. The molecule has 0 radical (unpaired) electrons. The number of aromatic nitrogens is 6. The fourth-order valence-corrected chi connectivity index (χ4v) is 6.60. The van der Waals surface area contributed by atoms with E-state index in [0.29, 0.717) is 54.7 Å². The van der Waals surface area contributed by atoms with Gasteiger partial charge in [-0.2, -0.15) is 5.10 Å². The molecule has 1 aromatic carbocycles. The molecule has 1 N–H and O–H groups in total. The Bertz CT molecular complexity index is 1960. The number of ether oxygens (including phenoxy) is 2. The second kappa shape index (κ2) is 12.5. The van der Waals surface area contributed by atoms with E-state index >= 15 is 0 Å². The third-order valence-corrected chi connectivity index (χ3v) is 9.14. The molecule has 46 heavy (non-hydrogen) atoms. The third kappa shape index (κ3) is 6.58. The topological polar surface area (TPSA) is 155 Å². The molecule has 0 bridgehead atoms. The Labute approximate surface area is 266 Å². The number of hydrogen-bond donors (Lipinski definition) is 1. The molecule has 5 aromatic rings. The van der Waals surface area contributed by atoms with E-state index in [2.05, 4.69) is 15.1 Å². The van der Waals surface area contributed by atoms with Crippen LogP contribution in [0, 0.1) is 0 Å². The lowest BCUT2D eigenvalue weighted by Crippen LogP contribution is -2.44. The van der Waals surface area contributed by atoms with Crippen LogP contribution < -0.4 is 4.74 Å². The van der Waals surface area contributed by atoms with Gasteiger partial charge < -0.3 is 19.5 Å². The summed E-state index contributed by atoms with van der Waals surface area (Å²) in [6, 6.07) is 10.00. The van der Waals surface area contributed by atoms with Gasteiger partial charge in [-0.3, -0.25) is 9.67 Å². The number of likely N-dealkylation sites (tertiary alicyclic amines) is 1. The minimum atomic E-state index is -4.00. The van der Waals surface area contributed by atoms with Crippen LogP contribution >= 0.6 is 0 Å². The van der Waals surface area contributed by atoms with Crippen LogP contribution in [0.2, 0.25) is 0 Å². The molecule has 240 valence electrons. The Morgan fingerprint density at radius 1 is 1.02 bits per heavy atom. The maximum atomic E-state index is 13.8. The highest BCUT2D eigenvalue weighted by Crippen LogP contribution is 2.34. The molecule has 0 saturated carbocycles. The molecular formula is C32H35N7O6S. The fraction of sp³-hybridized carbons (Fsp3) is 0.344. The van der Waals surface area contributed by atoms with Crippen molar-refractivity contribution in [2.24, 2.45) is 0 Å². The summed E-state index contributed by atoms with van der Waals surface area (Å²) in [5.41, 5.74) is 2.04. The Kier molecular flexibility index (Phi) is 8.49. The average Bonchev–Trinajstić information content (AvgIpc) is 3.66. The molecule has 0 aliphatic carbocycles. The maximum absolute atomic E-state index is 13.8. The highest BCUT2D eigenvalue weighted by atomic mass is 32.2. The number of amides is 1. The van der Waals surface area contributed by atoms with Crippen LogP contribution in [0.1, 0.15) is 33.6 Å². The molecule has 0 unspecified atom stereocenters. The summed E-state index contributed by atoms with van der Waals surface area (Å²) >= 11 is 0. The van der Waals surface area contributed by atoms with Crippen molar-refractivity contribution < 1.29 is 27.8 Å². The Morgan fingerprint density at radius 2 is 1.78 bits per heavy atom. The van der Waals surface area contributed by atoms with Gasteiger partial charge in [-0.05, 0) is 39.0 Å². The van der Waals surface area contributed by atoms with Crippen molar-refractivity contribution in [3.63, 3.8) is 0 Å². The largest absolute Gasteiger partial charge is 0.473 e. The molecule has 14 heteroatoms. The Balaban J connectivity index is 1.33. The zero-order valence-corrected chi connectivity index (χ0v) is 26.6. The maximum Gasteiger partial charge on any atom is 0.410 e. The number of rotatable bonds is 8. The van der Waals surface area contributed by atoms with Crippen molar-refractivity contribution in [3.8, 4) is 28.3 Å². The molecule has 1 aliphatic heterocycles. The van der Waals surface area contributed by atoms with Crippen LogP contribution in [0.15, 0.2) is 78.5 Å². The van der Waals surface area contributed by atoms with Gasteiger partial charge in [0.2, 0.25) is 5.88 Å². The number of aliphatic hydroxyl groups excluding tert-OH is 1. The first-order valence-corrected chi connectivity index (χ1v) is 16.4. The van der Waals surface area contributed by atoms with E-state index in [1.807, 2.05) is 26.8 Å². The molecule has 1 amide bonds. The summed E-state index contributed by atoms with van der Waals surface area (Å²) in [5.74, 6) is 0.287. The van der Waals surface area contributed by atoms with Crippen LogP contribution in [0.4, 0.5) is 4.79 Å². The third-order valence-electron chi connectivity index (χ3n) is 7.48. The van der Waals surface area contributed by atoms with Gasteiger partial charge in [-0.15, -0.1) is 0 Å². The normalized spacial score (nSPS) is 14.5. The molecule has 0 spiro atoms. The number of carbonyl (C=O) groups is 1. The fourth-order valence-electron chi connectivity index (χ4n) is 5.26. The van der Waals surface area contributed by atoms with E-state index in [1.54, 1.807) is 52.6 Å². The summed E-state index contributed by atoms with van der Waals surface area (Å²) in [4.78, 5) is 27.9. The second-order valence-electron chi connectivity index (χ2n) is 12.0. The van der Waals surface area contributed by atoms with Gasteiger partial charge in [0.05, 0.1) is 42.3 Å². The van der Waals surface area contributed by atoms with E-state index in [0.717, 1.165) is 9.54 Å². The van der Waals surface area contributed by atoms with Gasteiger partial charge in [0, 0.05) is 66.6 Å². The number of aliphatic hydroxyl groups is 1. The van der Waals surface area contributed by atoms with Crippen LogP contribution in [-0.2, 0) is 21.3 Å². The number of hydrogen-bond acceptors (Lipinski definition) is 10. The van der Waals surface area contributed by atoms with Crippen LogP contribution in [-0.4, -0.2) is 84.6 Å². The zero-order valence-electron chi connectivity index (χ0n) is 25.8. The van der Waals surface area contributed by atoms with Gasteiger partial charge in [0.1, 0.15) is 11.7 Å². The average molecular weight is 646 g/mol. The van der Waals surface area contributed by atoms with E-state index in [9.17, 15) is 18.3 Å². The lowest BCUT2D eigenvalue weighted by Gasteiger charge is -2.33. The van der Waals surface area contributed by atoms with Gasteiger partial charge in [0.25, 0.3) is 10.0 Å². The van der Waals surface area contributed by atoms with Crippen molar-refractivity contribution in [2.75, 3.05) is 19.7 Å². The molecule has 1 saturated heterocycles. The number of pyridine rings is 1. The summed E-state index contributed by atoms with van der Waals surface area (Å²) in [7, 11) is -4.00. The van der Waals surface area contributed by atoms with Gasteiger partial charge >= 0.3 is 6.09 Å². The van der Waals surface area contributed by atoms with Crippen molar-refractivity contribution >= 4 is 27.1 Å². The van der Waals surface area contributed by atoms with E-state index in [1.165, 1.54) is 24.5 Å². The number of benzene rings is 1.